The number of nitro benzene ring substituents is 1. The van der Waals surface area contributed by atoms with Crippen LogP contribution in [0.2, 0.25) is 18.6 Å². The van der Waals surface area contributed by atoms with Gasteiger partial charge in [-0.25, -0.2) is 0 Å². The Labute approximate surface area is 319 Å². The smallest absolute Gasteiger partial charge is 0.269 e. The van der Waals surface area contributed by atoms with Crippen molar-refractivity contribution < 1.29 is 33.8 Å². The van der Waals surface area contributed by atoms with Gasteiger partial charge in [0.15, 0.2) is 11.4 Å². The van der Waals surface area contributed by atoms with Gasteiger partial charge in [0.25, 0.3) is 17.5 Å². The molecule has 280 valence electrons. The first-order chi connectivity index (χ1) is 26.5. The minimum atomic E-state index is -2.44. The van der Waals surface area contributed by atoms with Crippen LogP contribution in [0.15, 0.2) is 115 Å². The largest absolute Gasteiger partial charge is 0.497 e. The van der Waals surface area contributed by atoms with E-state index in [1.165, 1.54) is 12.1 Å². The molecule has 3 aliphatic heterocycles. The van der Waals surface area contributed by atoms with E-state index >= 15 is 4.79 Å². The zero-order valence-electron chi connectivity index (χ0n) is 31.0. The number of methoxy groups -OCH3 is 1. The number of aliphatic hydroxyl groups is 1. The summed E-state index contributed by atoms with van der Waals surface area (Å²) >= 11 is 0. The van der Waals surface area contributed by atoms with E-state index in [1.807, 2.05) is 73.7 Å². The Bertz CT molecular complexity index is 2310. The zero-order valence-corrected chi connectivity index (χ0v) is 32.0. The highest BCUT2D eigenvalue weighted by molar-refractivity contribution is 6.91. The summed E-state index contributed by atoms with van der Waals surface area (Å²) in [5.74, 6) is 0.848. The van der Waals surface area contributed by atoms with E-state index in [2.05, 4.69) is 25.2 Å². The van der Waals surface area contributed by atoms with Crippen LogP contribution in [-0.2, 0) is 21.7 Å². The number of benzene rings is 5. The van der Waals surface area contributed by atoms with Gasteiger partial charge in [0.1, 0.15) is 11.5 Å². The first-order valence-electron chi connectivity index (χ1n) is 18.3. The molecule has 1 N–H and O–H groups in total. The Morgan fingerprint density at radius 3 is 2.27 bits per heavy atom. The molecule has 0 radical (unpaired) electrons. The Balaban J connectivity index is 1.16. The molecule has 5 aromatic rings. The minimum absolute atomic E-state index is 0.119. The number of aliphatic hydroxyl groups excluding tert-OH is 1. The van der Waals surface area contributed by atoms with Crippen molar-refractivity contribution in [2.24, 2.45) is 5.92 Å². The summed E-state index contributed by atoms with van der Waals surface area (Å²) in [5.41, 5.74) is 1.70. The average Bonchev–Trinajstić information content (AvgIpc) is 3.56. The topological polar surface area (TPSA) is 132 Å². The first-order valence-corrected chi connectivity index (χ1v) is 21.4. The summed E-state index contributed by atoms with van der Waals surface area (Å²) in [4.78, 5) is 44.0. The number of ether oxygens (including phenoxy) is 3. The first kappa shape index (κ1) is 36.2. The molecule has 1 fully saturated rings. The van der Waals surface area contributed by atoms with Gasteiger partial charge in [-0.05, 0) is 72.1 Å². The van der Waals surface area contributed by atoms with E-state index in [9.17, 15) is 20.0 Å². The summed E-state index contributed by atoms with van der Waals surface area (Å²) in [6.07, 6.45) is -0.154. The predicted octanol–water partition coefficient (Wildman–Crippen LogP) is 7.83. The monoisotopic (exact) mass is 755 g/mol. The van der Waals surface area contributed by atoms with E-state index < -0.39 is 24.7 Å². The van der Waals surface area contributed by atoms with Crippen molar-refractivity contribution in [3.8, 4) is 17.2 Å². The molecule has 12 heteroatoms. The lowest BCUT2D eigenvalue weighted by molar-refractivity contribution is -0.385. The maximum atomic E-state index is 15.1. The van der Waals surface area contributed by atoms with Gasteiger partial charge in [0, 0.05) is 35.9 Å². The van der Waals surface area contributed by atoms with Crippen LogP contribution in [0.4, 0.5) is 22.7 Å². The molecular formula is C43H41N3O8Si. The van der Waals surface area contributed by atoms with Crippen LogP contribution < -0.4 is 24.5 Å². The highest BCUT2D eigenvalue weighted by Crippen LogP contribution is 2.60. The lowest BCUT2D eigenvalue weighted by Gasteiger charge is -2.37. The van der Waals surface area contributed by atoms with Gasteiger partial charge in [-0.15, -0.1) is 0 Å². The molecule has 0 unspecified atom stereocenters. The number of para-hydroxylation sites is 3. The van der Waals surface area contributed by atoms with Crippen molar-refractivity contribution in [3.63, 3.8) is 0 Å². The van der Waals surface area contributed by atoms with E-state index in [1.54, 1.807) is 41.2 Å². The van der Waals surface area contributed by atoms with E-state index in [0.29, 0.717) is 46.1 Å². The number of hydrogen-bond donors (Lipinski definition) is 1. The zero-order chi connectivity index (χ0) is 38.6. The third-order valence-electron chi connectivity index (χ3n) is 11.6. The number of fused-ring (bicyclic) bond motifs is 4. The number of rotatable bonds is 9. The SMILES string of the molecule is COc1ccc([Si](C)(C)[C@@H]2[C@@H](CCO)O[C@]3(C(=O)N(Cc4ccc(N5C(=O)c6ccccc6Oc6ccccc65)cc4)c4ccc([N+](=O)[O-])cc43)[C@H]2C)cc1. The highest BCUT2D eigenvalue weighted by atomic mass is 28.3. The lowest BCUT2D eigenvalue weighted by atomic mass is 9.82. The fraction of sp³-hybridized carbons (Fsp3) is 0.256. The van der Waals surface area contributed by atoms with Crippen LogP contribution in [0.3, 0.4) is 0 Å². The maximum Gasteiger partial charge on any atom is 0.269 e. The van der Waals surface area contributed by atoms with Gasteiger partial charge >= 0.3 is 0 Å². The Morgan fingerprint density at radius 1 is 0.891 bits per heavy atom. The van der Waals surface area contributed by atoms with Crippen LogP contribution >= 0.6 is 0 Å². The van der Waals surface area contributed by atoms with Gasteiger partial charge in [0.2, 0.25) is 0 Å². The van der Waals surface area contributed by atoms with E-state index in [4.69, 9.17) is 14.2 Å². The van der Waals surface area contributed by atoms with Gasteiger partial charge in [0.05, 0.1) is 49.7 Å². The van der Waals surface area contributed by atoms with Gasteiger partial charge in [-0.1, -0.05) is 73.7 Å². The van der Waals surface area contributed by atoms with Crippen molar-refractivity contribution in [2.45, 2.75) is 50.2 Å². The maximum absolute atomic E-state index is 15.1. The predicted molar refractivity (Wildman–Crippen MR) is 211 cm³/mol. The normalized spacial score (nSPS) is 21.5. The highest BCUT2D eigenvalue weighted by Gasteiger charge is 2.66. The molecule has 55 heavy (non-hydrogen) atoms. The molecule has 8 rings (SSSR count). The second kappa shape index (κ2) is 13.8. The Morgan fingerprint density at radius 2 is 1.58 bits per heavy atom. The molecule has 5 aromatic carbocycles. The molecule has 1 spiro atoms. The number of amides is 2. The van der Waals surface area contributed by atoms with Crippen molar-refractivity contribution in [1.82, 2.24) is 0 Å². The Kier molecular flexibility index (Phi) is 9.07. The third-order valence-corrected chi connectivity index (χ3v) is 16.0. The molecule has 4 atom stereocenters. The molecule has 2 amide bonds. The van der Waals surface area contributed by atoms with Gasteiger partial charge in [-0.2, -0.15) is 0 Å². The number of nitro groups is 1. The Hall–Kier alpha value is -5.82. The molecule has 0 bridgehead atoms. The quantitative estimate of drug-likeness (QED) is 0.0915. The van der Waals surface area contributed by atoms with Crippen LogP contribution in [0, 0.1) is 16.0 Å². The van der Waals surface area contributed by atoms with Gasteiger partial charge < -0.3 is 24.2 Å². The van der Waals surface area contributed by atoms with Crippen molar-refractivity contribution >= 4 is 47.8 Å². The fourth-order valence-corrected chi connectivity index (χ4v) is 13.0. The van der Waals surface area contributed by atoms with Crippen LogP contribution in [0.25, 0.3) is 0 Å². The van der Waals surface area contributed by atoms with E-state index in [-0.39, 0.29) is 42.1 Å². The third kappa shape index (κ3) is 5.79. The molecule has 0 aromatic heterocycles. The second-order valence-corrected chi connectivity index (χ2v) is 19.6. The van der Waals surface area contributed by atoms with Crippen molar-refractivity contribution in [2.75, 3.05) is 23.5 Å². The number of non-ortho nitro benzene ring substituents is 1. The van der Waals surface area contributed by atoms with Crippen molar-refractivity contribution in [3.05, 3.63) is 142 Å². The standard InChI is InChI=1S/C43H41N3O8Si/c1-27-40(55(3,4)32-20-18-31(52-2)19-21-32)39(23-24-47)54-43(27)34-25-30(46(50)51)17-22-35(34)44(42(43)49)26-28-13-15-29(16-14-28)45-36-10-6-8-12-38(36)53-37-11-7-5-9-33(37)41(45)48/h5-22,25,27,39-40,47H,23-24,26H2,1-4H3/t27-,39+,40-,43+/m0/s1. The molecular weight excluding hydrogens is 715 g/mol. The molecule has 0 aliphatic carbocycles. The molecule has 3 aliphatic rings. The summed E-state index contributed by atoms with van der Waals surface area (Å²) in [6.45, 7) is 6.52. The molecule has 11 nitrogen and oxygen atoms in total. The average molecular weight is 756 g/mol. The lowest BCUT2D eigenvalue weighted by Crippen LogP contribution is -2.51. The molecule has 0 saturated carbocycles. The molecule has 3 heterocycles. The fourth-order valence-electron chi connectivity index (χ4n) is 8.97. The summed E-state index contributed by atoms with van der Waals surface area (Å²) < 4.78 is 18.5. The summed E-state index contributed by atoms with van der Waals surface area (Å²) in [7, 11) is -0.815. The van der Waals surface area contributed by atoms with Crippen LogP contribution in [-0.4, -0.2) is 49.7 Å². The number of nitrogens with zero attached hydrogens (tertiary/aromatic N) is 3. The number of carbonyl (C=O) groups excluding carboxylic acids is 2. The summed E-state index contributed by atoms with van der Waals surface area (Å²) in [6, 6.07) is 34.5. The van der Waals surface area contributed by atoms with E-state index in [0.717, 1.165) is 16.5 Å². The molecule has 1 saturated heterocycles. The number of anilines is 3. The van der Waals surface area contributed by atoms with Crippen molar-refractivity contribution in [1.29, 1.82) is 0 Å². The van der Waals surface area contributed by atoms with Crippen LogP contribution in [0.1, 0.15) is 34.8 Å². The van der Waals surface area contributed by atoms with Gasteiger partial charge in [-0.3, -0.25) is 24.6 Å². The minimum Gasteiger partial charge on any atom is -0.497 e. The number of carbonyl (C=O) groups is 2. The number of hydrogen-bond acceptors (Lipinski definition) is 8. The van der Waals surface area contributed by atoms with Crippen LogP contribution in [0.5, 0.6) is 17.2 Å². The second-order valence-electron chi connectivity index (χ2n) is 14.9. The summed E-state index contributed by atoms with van der Waals surface area (Å²) in [5, 5.41) is 23.5.